The number of aliphatic hydroxyl groups is 1. The van der Waals surface area contributed by atoms with Crippen LogP contribution in [0.4, 0.5) is 5.69 Å². The van der Waals surface area contributed by atoms with E-state index in [9.17, 15) is 9.90 Å². The number of nitrogens with zero attached hydrogens (tertiary/aromatic N) is 2. The van der Waals surface area contributed by atoms with Crippen molar-refractivity contribution in [1.82, 2.24) is 0 Å². The van der Waals surface area contributed by atoms with Crippen LogP contribution in [0.15, 0.2) is 53.5 Å². The van der Waals surface area contributed by atoms with Gasteiger partial charge in [0.15, 0.2) is 0 Å². The summed E-state index contributed by atoms with van der Waals surface area (Å²) in [6.45, 7) is 1.71. The molecule has 0 spiro atoms. The van der Waals surface area contributed by atoms with Gasteiger partial charge in [-0.05, 0) is 25.1 Å². The molecule has 0 bridgehead atoms. The average molecular weight is 275 g/mol. The molecule has 1 aromatic rings. The normalized spacial score (nSPS) is 11.1. The molecule has 0 aliphatic carbocycles. The third-order valence-electron chi connectivity index (χ3n) is 2.11. The van der Waals surface area contributed by atoms with E-state index in [0.717, 1.165) is 0 Å². The zero-order valence-electron chi connectivity index (χ0n) is 11.2. The molecule has 0 aromatic heterocycles. The lowest BCUT2D eigenvalue weighted by molar-refractivity contribution is -0.150. The zero-order valence-corrected chi connectivity index (χ0v) is 11.2. The maximum atomic E-state index is 11.3. The Labute approximate surface area is 116 Å². The number of allylic oxidation sites excluding steroid dienone is 1. The molecule has 0 heterocycles. The molecule has 1 aromatic carbocycles. The minimum atomic E-state index is -1.05. The summed E-state index contributed by atoms with van der Waals surface area (Å²) < 4.78 is 9.45. The molecule has 6 nitrogen and oxygen atoms in total. The van der Waals surface area contributed by atoms with Crippen LogP contribution in [0.25, 0.3) is 0 Å². The van der Waals surface area contributed by atoms with E-state index in [1.54, 1.807) is 37.3 Å². The fraction of sp³-hybridized carbons (Fsp3) is 0.214. The van der Waals surface area contributed by atoms with Crippen molar-refractivity contribution in [2.75, 3.05) is 7.11 Å². The Kier molecular flexibility index (Phi) is 6.34. The topological polar surface area (TPSA) is 82.2 Å². The number of carbonyl (C=O) groups excluding carboxylic acids is 1. The third-order valence-corrected chi connectivity index (χ3v) is 2.11. The number of hydrogen-bond acceptors (Lipinski definition) is 5. The molecule has 6 heteroatoms. The first kappa shape index (κ1) is 15.2. The highest BCUT2D eigenvalue weighted by molar-refractivity contribution is 5.77. The van der Waals surface area contributed by atoms with Crippen molar-refractivity contribution in [3.05, 3.63) is 48.4 Å². The summed E-state index contributed by atoms with van der Waals surface area (Å²) in [5.74, 6) is 0.869. The summed E-state index contributed by atoms with van der Waals surface area (Å²) in [6.07, 6.45) is 1.97. The summed E-state index contributed by atoms with van der Waals surface area (Å²) in [4.78, 5) is 14.9. The molecule has 20 heavy (non-hydrogen) atoms. The molecule has 1 rings (SSSR count). The van der Waals surface area contributed by atoms with E-state index >= 15 is 0 Å². The Bertz CT molecular complexity index is 568. The second-order valence-electron chi connectivity index (χ2n) is 3.54. The highest BCUT2D eigenvalue weighted by Gasteiger charge is 2.19. The second kappa shape index (κ2) is 8.32. The second-order valence-corrected chi connectivity index (χ2v) is 3.54. The van der Waals surface area contributed by atoms with E-state index in [0.29, 0.717) is 5.69 Å². The van der Waals surface area contributed by atoms with Gasteiger partial charge in [0, 0.05) is 0 Å². The number of ether oxygens (including phenoxy) is 2. The molecule has 0 aliphatic heterocycles. The summed E-state index contributed by atoms with van der Waals surface area (Å²) in [5.41, 5.74) is 0.603. The lowest BCUT2D eigenvalue weighted by atomic mass is 10.3. The number of rotatable bonds is 5. The Morgan fingerprint density at radius 1 is 1.45 bits per heavy atom. The van der Waals surface area contributed by atoms with Crippen LogP contribution in [-0.2, 0) is 14.3 Å². The van der Waals surface area contributed by atoms with Crippen molar-refractivity contribution < 1.29 is 24.2 Å². The molecule has 0 aliphatic rings. The van der Waals surface area contributed by atoms with Crippen LogP contribution in [-0.4, -0.2) is 34.9 Å². The average Bonchev–Trinajstić information content (AvgIpc) is 2.47. The lowest BCUT2D eigenvalue weighted by Crippen LogP contribution is -2.23. The largest absolute Gasteiger partial charge is 0.470 e. The van der Waals surface area contributed by atoms with Gasteiger partial charge in [-0.25, -0.2) is 4.79 Å². The predicted octanol–water partition coefficient (Wildman–Crippen LogP) is 2.18. The van der Waals surface area contributed by atoms with Gasteiger partial charge in [-0.15, -0.1) is 0 Å². The van der Waals surface area contributed by atoms with Crippen LogP contribution < -0.4 is 0 Å². The molecule has 0 radical (unpaired) electrons. The predicted molar refractivity (Wildman–Crippen MR) is 71.6 cm³/mol. The third kappa shape index (κ3) is 5.23. The maximum absolute atomic E-state index is 11.3. The van der Waals surface area contributed by atoms with Gasteiger partial charge in [-0.2, -0.15) is 0 Å². The molecular formula is C14H15N2O4+. The van der Waals surface area contributed by atoms with Crippen LogP contribution in [0.3, 0.4) is 0 Å². The fourth-order valence-corrected chi connectivity index (χ4v) is 1.22. The van der Waals surface area contributed by atoms with Gasteiger partial charge in [0.2, 0.25) is 6.10 Å². The van der Waals surface area contributed by atoms with Gasteiger partial charge in [0.25, 0.3) is 0 Å². The van der Waals surface area contributed by atoms with Crippen molar-refractivity contribution in [3.63, 3.8) is 0 Å². The van der Waals surface area contributed by atoms with Gasteiger partial charge in [0.1, 0.15) is 15.6 Å². The van der Waals surface area contributed by atoms with Crippen LogP contribution in [0.2, 0.25) is 0 Å². The molecule has 1 N–H and O–H groups in total. The Morgan fingerprint density at radius 3 is 2.75 bits per heavy atom. The number of carbonyl (C=O) groups is 1. The highest BCUT2D eigenvalue weighted by atomic mass is 16.6. The van der Waals surface area contributed by atoms with E-state index in [4.69, 9.17) is 4.74 Å². The number of esters is 1. The van der Waals surface area contributed by atoms with Gasteiger partial charge in [0.05, 0.1) is 7.11 Å². The van der Waals surface area contributed by atoms with Gasteiger partial charge < -0.3 is 14.6 Å². The highest BCUT2D eigenvalue weighted by Crippen LogP contribution is 2.07. The summed E-state index contributed by atoms with van der Waals surface area (Å²) in [7, 11) is 1.22. The molecule has 1 atom stereocenters. The van der Waals surface area contributed by atoms with E-state index in [2.05, 4.69) is 20.5 Å². The molecular weight excluding hydrogens is 260 g/mol. The number of aliphatic hydroxyl groups excluding tert-OH is 1. The van der Waals surface area contributed by atoms with Crippen molar-refractivity contribution in [3.8, 4) is 0 Å². The lowest BCUT2D eigenvalue weighted by Gasteiger charge is -2.08. The first-order valence-corrected chi connectivity index (χ1v) is 5.82. The molecule has 0 saturated heterocycles. The van der Waals surface area contributed by atoms with Gasteiger partial charge in [-0.3, -0.25) is 0 Å². The van der Waals surface area contributed by atoms with Crippen LogP contribution in [0.5, 0.6) is 0 Å². The smallest absolute Gasteiger partial charge is 0.441 e. The number of methoxy groups -OCH3 is 1. The van der Waals surface area contributed by atoms with Crippen LogP contribution in [0, 0.1) is 0 Å². The van der Waals surface area contributed by atoms with E-state index in [1.165, 1.54) is 13.2 Å². The van der Waals surface area contributed by atoms with Crippen molar-refractivity contribution in [1.29, 1.82) is 0 Å². The molecule has 0 saturated carbocycles. The minimum absolute atomic E-state index is 0.603. The monoisotopic (exact) mass is 275 g/mol. The van der Waals surface area contributed by atoms with Crippen LogP contribution >= 0.6 is 0 Å². The van der Waals surface area contributed by atoms with E-state index < -0.39 is 18.0 Å². The van der Waals surface area contributed by atoms with Crippen molar-refractivity contribution in [2.45, 2.75) is 13.0 Å². The molecule has 0 amide bonds. The summed E-state index contributed by atoms with van der Waals surface area (Å²) >= 11 is 0. The summed E-state index contributed by atoms with van der Waals surface area (Å²) in [6, 6.07) is 8.92. The Hall–Kier alpha value is -2.81. The maximum Gasteiger partial charge on any atom is 0.441 e. The molecule has 104 valence electrons. The van der Waals surface area contributed by atoms with E-state index in [-0.39, 0.29) is 0 Å². The van der Waals surface area contributed by atoms with Crippen molar-refractivity contribution in [2.24, 2.45) is 5.11 Å². The quantitative estimate of drug-likeness (QED) is 0.223. The number of benzene rings is 1. The first-order valence-electron chi connectivity index (χ1n) is 5.82. The SMILES string of the molecule is C/C=C/C(OC(O)=C=[N+]=Nc1ccccc1)C(=O)OC. The molecule has 0 fully saturated rings. The van der Waals surface area contributed by atoms with Gasteiger partial charge >= 0.3 is 17.8 Å². The van der Waals surface area contributed by atoms with Crippen molar-refractivity contribution >= 4 is 17.5 Å². The minimum Gasteiger partial charge on any atom is -0.470 e. The van der Waals surface area contributed by atoms with E-state index in [1.807, 2.05) is 6.07 Å². The fourth-order valence-electron chi connectivity index (χ4n) is 1.22. The van der Waals surface area contributed by atoms with Crippen LogP contribution in [0.1, 0.15) is 6.92 Å². The van der Waals surface area contributed by atoms with Gasteiger partial charge in [-0.1, -0.05) is 24.3 Å². The Morgan fingerprint density at radius 2 is 2.15 bits per heavy atom. The summed E-state index contributed by atoms with van der Waals surface area (Å²) in [5, 5.41) is 13.2. The number of hydrogen-bond donors (Lipinski definition) is 1. The first-order chi connectivity index (χ1) is 9.67. The molecule has 1 unspecified atom stereocenters. The standard InChI is InChI=1S/C14H14N2O4/c1-3-7-12(14(18)19-2)20-13(17)10-15-16-11-8-5-4-6-9-11/h3-9,12H,1-2H3/p+1/b7-3+. The zero-order chi connectivity index (χ0) is 14.8. The Balaban J connectivity index is 2.82.